The van der Waals surface area contributed by atoms with Gasteiger partial charge in [-0.15, -0.1) is 0 Å². The number of halogens is 1. The molecular weight excluding hydrogens is 555 g/mol. The Morgan fingerprint density at radius 2 is 2.05 bits per heavy atom. The number of piperazine rings is 1. The van der Waals surface area contributed by atoms with Gasteiger partial charge in [0.15, 0.2) is 5.69 Å². The molecule has 11 nitrogen and oxygen atoms in total. The molecule has 2 aliphatic heterocycles. The van der Waals surface area contributed by atoms with Crippen molar-refractivity contribution in [2.24, 2.45) is 0 Å². The third kappa shape index (κ3) is 5.77. The van der Waals surface area contributed by atoms with Gasteiger partial charge in [-0.1, -0.05) is 18.2 Å². The molecule has 0 radical (unpaired) electrons. The van der Waals surface area contributed by atoms with E-state index in [4.69, 9.17) is 21.0 Å². The summed E-state index contributed by atoms with van der Waals surface area (Å²) in [6.45, 7) is 11.3. The van der Waals surface area contributed by atoms with Crippen LogP contribution < -0.4 is 9.64 Å². The fourth-order valence-electron chi connectivity index (χ4n) is 5.35. The topological polar surface area (TPSA) is 114 Å². The second-order valence-electron chi connectivity index (χ2n) is 10.6. The summed E-state index contributed by atoms with van der Waals surface area (Å²) in [4.78, 5) is 41.2. The monoisotopic (exact) mass is 584 g/mol. The number of anilines is 1. The summed E-state index contributed by atoms with van der Waals surface area (Å²) in [5, 5.41) is 9.53. The summed E-state index contributed by atoms with van der Waals surface area (Å²) >= 11 is 0. The third-order valence-corrected chi connectivity index (χ3v) is 7.90. The van der Waals surface area contributed by atoms with E-state index in [9.17, 15) is 19.1 Å². The molecule has 2 atom stereocenters. The molecule has 0 aliphatic carbocycles. The van der Waals surface area contributed by atoms with Crippen molar-refractivity contribution < 1.29 is 28.6 Å². The number of ether oxygens (including phenoxy) is 2. The number of carbonyl (C=O) groups is 2. The summed E-state index contributed by atoms with van der Waals surface area (Å²) in [6.07, 6.45) is 0.952. The molecule has 2 aromatic carbocycles. The molecule has 2 aliphatic rings. The normalized spacial score (nSPS) is 17.8. The number of nitrogens with zero attached hydrogens (tertiary/aromatic N) is 6. The van der Waals surface area contributed by atoms with Crippen LogP contribution in [0, 0.1) is 12.4 Å². The molecule has 43 heavy (non-hydrogen) atoms. The van der Waals surface area contributed by atoms with Crippen LogP contribution in [0.1, 0.15) is 41.1 Å². The standard InChI is InChI=1S/C31H29FN6O5/c1-19(30-34-25-9-7-20(31(40)41)14-26(25)38(30)16-23-10-13-42-23)36-11-12-37(29(39)17-36)27-4-3-5-28(35-27)43-18-21-6-8-22(33-2)15-24(21)32/h3-9,14-15,19,23H,10-13,16-18H2,1H3,(H,40,41)/t19?,23-/m0/s1. The molecule has 1 N–H and O–H groups in total. The predicted molar refractivity (Wildman–Crippen MR) is 155 cm³/mol. The molecule has 1 unspecified atom stereocenters. The van der Waals surface area contributed by atoms with Crippen LogP contribution in [0.5, 0.6) is 5.88 Å². The number of pyridine rings is 1. The number of imidazole rings is 1. The molecule has 0 saturated carbocycles. The van der Waals surface area contributed by atoms with Gasteiger partial charge in [0.05, 0.1) is 48.4 Å². The number of carboxylic acids is 1. The van der Waals surface area contributed by atoms with Crippen molar-refractivity contribution >= 4 is 34.4 Å². The van der Waals surface area contributed by atoms with Crippen molar-refractivity contribution in [2.75, 3.05) is 31.1 Å². The Hall–Kier alpha value is -4.86. The quantitative estimate of drug-likeness (QED) is 0.284. The van der Waals surface area contributed by atoms with E-state index in [1.807, 2.05) is 16.4 Å². The second kappa shape index (κ2) is 11.8. The Morgan fingerprint density at radius 1 is 1.21 bits per heavy atom. The number of benzene rings is 2. The molecule has 0 bridgehead atoms. The van der Waals surface area contributed by atoms with Crippen LogP contribution in [0.2, 0.25) is 0 Å². The van der Waals surface area contributed by atoms with Crippen molar-refractivity contribution in [2.45, 2.75) is 38.6 Å². The highest BCUT2D eigenvalue weighted by Crippen LogP contribution is 2.30. The number of carbonyl (C=O) groups excluding carboxylic acids is 1. The molecular formula is C31H29FN6O5. The lowest BCUT2D eigenvalue weighted by atomic mass is 10.1. The number of aromatic carboxylic acids is 1. The zero-order valence-corrected chi connectivity index (χ0v) is 23.4. The predicted octanol–water partition coefficient (Wildman–Crippen LogP) is 4.60. The number of fused-ring (bicyclic) bond motifs is 1. The SMILES string of the molecule is [C-]#[N+]c1ccc(COc2cccc(N3CCN(C(C)c4nc5ccc(C(=O)O)cc5n4C[C@@H]4CCO4)CC3=O)n2)c(F)c1. The summed E-state index contributed by atoms with van der Waals surface area (Å²) in [7, 11) is 0. The van der Waals surface area contributed by atoms with Gasteiger partial charge in [-0.05, 0) is 43.7 Å². The van der Waals surface area contributed by atoms with Gasteiger partial charge < -0.3 is 19.1 Å². The van der Waals surface area contributed by atoms with Gasteiger partial charge in [-0.25, -0.2) is 19.0 Å². The van der Waals surface area contributed by atoms with Crippen LogP contribution in [0.4, 0.5) is 15.9 Å². The van der Waals surface area contributed by atoms with Crippen molar-refractivity contribution in [3.8, 4) is 5.88 Å². The number of aromatic nitrogens is 3. The highest BCUT2D eigenvalue weighted by molar-refractivity contribution is 5.95. The minimum atomic E-state index is -1.00. The molecule has 2 fully saturated rings. The molecule has 12 heteroatoms. The van der Waals surface area contributed by atoms with Gasteiger partial charge in [-0.2, -0.15) is 4.98 Å². The van der Waals surface area contributed by atoms with Crippen molar-refractivity contribution in [1.29, 1.82) is 0 Å². The van der Waals surface area contributed by atoms with Crippen LogP contribution in [-0.2, 0) is 22.7 Å². The number of hydrogen-bond donors (Lipinski definition) is 1. The maximum absolute atomic E-state index is 14.3. The van der Waals surface area contributed by atoms with Crippen molar-refractivity contribution in [1.82, 2.24) is 19.4 Å². The smallest absolute Gasteiger partial charge is 0.335 e. The van der Waals surface area contributed by atoms with E-state index in [1.54, 1.807) is 41.3 Å². The number of rotatable bonds is 9. The molecule has 2 saturated heterocycles. The van der Waals surface area contributed by atoms with Crippen LogP contribution >= 0.6 is 0 Å². The molecule has 0 spiro atoms. The molecule has 6 rings (SSSR count). The van der Waals surface area contributed by atoms with E-state index in [1.165, 1.54) is 12.1 Å². The zero-order valence-electron chi connectivity index (χ0n) is 23.4. The highest BCUT2D eigenvalue weighted by Gasteiger charge is 2.32. The minimum absolute atomic E-state index is 0.0329. The lowest BCUT2D eigenvalue weighted by Crippen LogP contribution is -2.51. The number of carboxylic acid groups (broad SMARTS) is 1. The van der Waals surface area contributed by atoms with Crippen LogP contribution in [0.3, 0.4) is 0 Å². The number of amides is 1. The summed E-state index contributed by atoms with van der Waals surface area (Å²) in [5.74, 6) is -0.227. The Balaban J connectivity index is 1.16. The Morgan fingerprint density at radius 3 is 2.74 bits per heavy atom. The maximum Gasteiger partial charge on any atom is 0.335 e. The van der Waals surface area contributed by atoms with Gasteiger partial charge in [0.25, 0.3) is 0 Å². The first-order chi connectivity index (χ1) is 20.8. The average Bonchev–Trinajstić information content (AvgIpc) is 3.35. The van der Waals surface area contributed by atoms with Gasteiger partial charge in [0.2, 0.25) is 11.8 Å². The van der Waals surface area contributed by atoms with Gasteiger partial charge in [0.1, 0.15) is 24.1 Å². The maximum atomic E-state index is 14.3. The van der Waals surface area contributed by atoms with Gasteiger partial charge >= 0.3 is 5.97 Å². The Labute approximate surface area is 246 Å². The van der Waals surface area contributed by atoms with E-state index >= 15 is 0 Å². The van der Waals surface area contributed by atoms with Gasteiger partial charge in [-0.3, -0.25) is 14.6 Å². The summed E-state index contributed by atoms with van der Waals surface area (Å²) < 4.78 is 27.7. The van der Waals surface area contributed by atoms with Crippen LogP contribution in [-0.4, -0.2) is 68.8 Å². The highest BCUT2D eigenvalue weighted by atomic mass is 19.1. The molecule has 220 valence electrons. The van der Waals surface area contributed by atoms with E-state index < -0.39 is 11.8 Å². The first-order valence-electron chi connectivity index (χ1n) is 14.0. The van der Waals surface area contributed by atoms with Crippen LogP contribution in [0.25, 0.3) is 15.9 Å². The first kappa shape index (κ1) is 28.3. The lowest BCUT2D eigenvalue weighted by Gasteiger charge is -2.37. The Bertz CT molecular complexity index is 1750. The van der Waals surface area contributed by atoms with E-state index in [-0.39, 0.29) is 48.3 Å². The fourth-order valence-corrected chi connectivity index (χ4v) is 5.35. The Kier molecular flexibility index (Phi) is 7.75. The molecule has 1 amide bonds. The molecule has 4 aromatic rings. The summed E-state index contributed by atoms with van der Waals surface area (Å²) in [5.41, 5.74) is 2.12. The average molecular weight is 585 g/mol. The summed E-state index contributed by atoms with van der Waals surface area (Å²) in [6, 6.07) is 14.0. The fraction of sp³-hybridized carbons (Fsp3) is 0.323. The molecule has 4 heterocycles. The number of hydrogen-bond acceptors (Lipinski definition) is 7. The zero-order chi connectivity index (χ0) is 30.1. The van der Waals surface area contributed by atoms with Crippen LogP contribution in [0.15, 0.2) is 54.6 Å². The lowest BCUT2D eigenvalue weighted by molar-refractivity contribution is -0.122. The van der Waals surface area contributed by atoms with E-state index in [0.29, 0.717) is 43.1 Å². The van der Waals surface area contributed by atoms with Crippen molar-refractivity contribution in [3.05, 3.63) is 88.8 Å². The first-order valence-corrected chi connectivity index (χ1v) is 14.0. The second-order valence-corrected chi connectivity index (χ2v) is 10.6. The van der Waals surface area contributed by atoms with Gasteiger partial charge in [0, 0.05) is 31.3 Å². The van der Waals surface area contributed by atoms with Crippen molar-refractivity contribution in [3.63, 3.8) is 0 Å². The largest absolute Gasteiger partial charge is 0.478 e. The molecule has 2 aromatic heterocycles. The minimum Gasteiger partial charge on any atom is -0.478 e. The van der Waals surface area contributed by atoms with E-state index in [2.05, 4.69) is 9.83 Å². The van der Waals surface area contributed by atoms with E-state index in [0.717, 1.165) is 23.8 Å². The third-order valence-electron chi connectivity index (χ3n) is 7.90.